The van der Waals surface area contributed by atoms with E-state index in [1.54, 1.807) is 5.56 Å². The maximum Gasteiger partial charge on any atom is 0.234 e. The van der Waals surface area contributed by atoms with Gasteiger partial charge in [0, 0.05) is 13.0 Å². The molecule has 0 radical (unpaired) electrons. The molecule has 0 aliphatic carbocycles. The van der Waals surface area contributed by atoms with Crippen molar-refractivity contribution in [1.29, 1.82) is 0 Å². The number of fused-ring (bicyclic) bond motifs is 1. The molecule has 0 fully saturated rings. The Labute approximate surface area is 102 Å². The molecule has 2 rings (SSSR count). The Bertz CT molecular complexity index is 537. The number of benzene rings is 1. The molecule has 0 spiro atoms. The van der Waals surface area contributed by atoms with E-state index in [4.69, 9.17) is 0 Å². The molecule has 86 valence electrons. The molecule has 16 heavy (non-hydrogen) atoms. The van der Waals surface area contributed by atoms with Gasteiger partial charge in [0.05, 0.1) is 0 Å². The number of rotatable bonds is 2. The summed E-state index contributed by atoms with van der Waals surface area (Å²) in [6, 6.07) is 2.38. The zero-order valence-corrected chi connectivity index (χ0v) is 11.7. The average Bonchev–Trinajstić information content (AvgIpc) is 2.56. The zero-order chi connectivity index (χ0) is 11.9. The molecule has 0 atom stereocenters. The third-order valence-electron chi connectivity index (χ3n) is 3.54. The van der Waals surface area contributed by atoms with E-state index in [1.165, 1.54) is 26.4 Å². The minimum absolute atomic E-state index is 1.13. The minimum Gasteiger partial charge on any atom is -0.189 e. The van der Waals surface area contributed by atoms with Crippen LogP contribution in [-0.4, -0.2) is 0 Å². The highest BCUT2D eigenvalue weighted by atomic mass is 32.1. The first-order valence-corrected chi connectivity index (χ1v) is 6.82. The van der Waals surface area contributed by atoms with Gasteiger partial charge >= 0.3 is 0 Å². The number of aryl methyl sites for hydroxylation is 4. The molecule has 0 bridgehead atoms. The number of nitrogens with zero attached hydrogens (tertiary/aromatic N) is 1. The lowest BCUT2D eigenvalue weighted by Crippen LogP contribution is -2.29. The Morgan fingerprint density at radius 3 is 2.44 bits per heavy atom. The van der Waals surface area contributed by atoms with Crippen molar-refractivity contribution in [2.75, 3.05) is 0 Å². The van der Waals surface area contributed by atoms with Gasteiger partial charge in [-0.3, -0.25) is 0 Å². The summed E-state index contributed by atoms with van der Waals surface area (Å²) in [6.07, 6.45) is 2.28. The predicted octanol–water partition coefficient (Wildman–Crippen LogP) is 3.47. The fraction of sp³-hybridized carbons (Fsp3) is 0.500. The van der Waals surface area contributed by atoms with E-state index < -0.39 is 0 Å². The highest BCUT2D eigenvalue weighted by Gasteiger charge is 2.18. The molecule has 0 saturated heterocycles. The van der Waals surface area contributed by atoms with Gasteiger partial charge in [0.2, 0.25) is 10.5 Å². The lowest BCUT2D eigenvalue weighted by atomic mass is 9.97. The van der Waals surface area contributed by atoms with Gasteiger partial charge in [-0.1, -0.05) is 25.2 Å². The maximum absolute atomic E-state index is 2.38. The summed E-state index contributed by atoms with van der Waals surface area (Å²) in [4.78, 5) is 0. The second-order valence-electron chi connectivity index (χ2n) is 4.37. The third-order valence-corrected chi connectivity index (χ3v) is 4.83. The van der Waals surface area contributed by atoms with Crippen molar-refractivity contribution in [3.05, 3.63) is 27.8 Å². The second-order valence-corrected chi connectivity index (χ2v) is 5.58. The molecule has 2 heteroatoms. The van der Waals surface area contributed by atoms with Crippen LogP contribution >= 0.6 is 11.3 Å². The summed E-state index contributed by atoms with van der Waals surface area (Å²) in [6.45, 7) is 8.98. The third kappa shape index (κ3) is 1.56. The molecule has 0 saturated carbocycles. The van der Waals surface area contributed by atoms with Gasteiger partial charge in [0.25, 0.3) is 0 Å². The maximum atomic E-state index is 2.38. The van der Waals surface area contributed by atoms with Crippen LogP contribution in [0.4, 0.5) is 0 Å². The van der Waals surface area contributed by atoms with Gasteiger partial charge in [0.1, 0.15) is 11.7 Å². The first kappa shape index (κ1) is 11.6. The molecule has 0 aliphatic rings. The highest BCUT2D eigenvalue weighted by molar-refractivity contribution is 7.18. The molecular formula is C14H20NS+. The van der Waals surface area contributed by atoms with Crippen molar-refractivity contribution in [3.8, 4) is 0 Å². The van der Waals surface area contributed by atoms with Crippen LogP contribution in [0, 0.1) is 13.8 Å². The van der Waals surface area contributed by atoms with E-state index in [0.29, 0.717) is 0 Å². The summed E-state index contributed by atoms with van der Waals surface area (Å²) in [5, 5.41) is 1.38. The van der Waals surface area contributed by atoms with Crippen LogP contribution in [0.25, 0.3) is 10.2 Å². The summed E-state index contributed by atoms with van der Waals surface area (Å²) in [5.74, 6) is 0. The molecule has 1 nitrogen and oxygen atoms in total. The molecule has 0 unspecified atom stereocenters. The topological polar surface area (TPSA) is 3.88 Å². The molecule has 0 amide bonds. The molecule has 1 aromatic heterocycles. The Kier molecular flexibility index (Phi) is 3.02. The first-order valence-electron chi connectivity index (χ1n) is 6.00. The fourth-order valence-electron chi connectivity index (χ4n) is 2.46. The lowest BCUT2D eigenvalue weighted by molar-refractivity contribution is -0.646. The fourth-order valence-corrected chi connectivity index (χ4v) is 3.57. The van der Waals surface area contributed by atoms with Crippen LogP contribution in [0.3, 0.4) is 0 Å². The Morgan fingerprint density at radius 1 is 1.19 bits per heavy atom. The Balaban J connectivity index is 2.87. The lowest BCUT2D eigenvalue weighted by Gasteiger charge is -2.08. The Hall–Kier alpha value is -0.890. The molecule has 0 aliphatic heterocycles. The van der Waals surface area contributed by atoms with Gasteiger partial charge in [-0.25, -0.2) is 0 Å². The van der Waals surface area contributed by atoms with Gasteiger partial charge in [0.15, 0.2) is 0 Å². The van der Waals surface area contributed by atoms with Crippen molar-refractivity contribution in [1.82, 2.24) is 0 Å². The van der Waals surface area contributed by atoms with Crippen LogP contribution in [0.15, 0.2) is 6.07 Å². The number of hydrogen-bond acceptors (Lipinski definition) is 1. The summed E-state index contributed by atoms with van der Waals surface area (Å²) >= 11 is 1.92. The van der Waals surface area contributed by atoms with Crippen molar-refractivity contribution in [3.63, 3.8) is 0 Å². The van der Waals surface area contributed by atoms with Crippen LogP contribution in [0.5, 0.6) is 0 Å². The van der Waals surface area contributed by atoms with Crippen molar-refractivity contribution in [2.24, 2.45) is 7.05 Å². The van der Waals surface area contributed by atoms with Crippen LogP contribution in [0.1, 0.15) is 35.5 Å². The average molecular weight is 234 g/mol. The van der Waals surface area contributed by atoms with Crippen molar-refractivity contribution >= 4 is 21.6 Å². The molecular weight excluding hydrogens is 214 g/mol. The molecule has 1 heterocycles. The first-order chi connectivity index (χ1) is 7.60. The second kappa shape index (κ2) is 4.17. The van der Waals surface area contributed by atoms with Crippen LogP contribution in [-0.2, 0) is 19.9 Å². The number of aromatic nitrogens is 1. The van der Waals surface area contributed by atoms with E-state index in [2.05, 4.69) is 45.4 Å². The van der Waals surface area contributed by atoms with Gasteiger partial charge in [-0.05, 0) is 36.5 Å². The quantitative estimate of drug-likeness (QED) is 0.701. The normalized spacial score (nSPS) is 11.3. The van der Waals surface area contributed by atoms with E-state index in [9.17, 15) is 0 Å². The van der Waals surface area contributed by atoms with Crippen molar-refractivity contribution in [2.45, 2.75) is 40.5 Å². The van der Waals surface area contributed by atoms with Gasteiger partial charge in [-0.2, -0.15) is 4.57 Å². The standard InChI is InChI=1S/C14H20NS/c1-6-11-8-13-14(9(3)12(11)7-2)16-10(4)15(13)5/h8H,6-7H2,1-5H3/q+1. The summed E-state index contributed by atoms with van der Waals surface area (Å²) < 4.78 is 3.78. The van der Waals surface area contributed by atoms with E-state index in [0.717, 1.165) is 12.8 Å². The summed E-state index contributed by atoms with van der Waals surface area (Å²) in [5.41, 5.74) is 5.96. The van der Waals surface area contributed by atoms with E-state index >= 15 is 0 Å². The number of hydrogen-bond donors (Lipinski definition) is 0. The monoisotopic (exact) mass is 234 g/mol. The smallest absolute Gasteiger partial charge is 0.189 e. The predicted molar refractivity (Wildman–Crippen MR) is 71.2 cm³/mol. The van der Waals surface area contributed by atoms with Gasteiger partial charge < -0.3 is 0 Å². The van der Waals surface area contributed by atoms with Crippen LogP contribution in [0.2, 0.25) is 0 Å². The van der Waals surface area contributed by atoms with Gasteiger partial charge in [-0.15, -0.1) is 0 Å². The zero-order valence-electron chi connectivity index (χ0n) is 10.8. The minimum atomic E-state index is 1.13. The van der Waals surface area contributed by atoms with Crippen molar-refractivity contribution < 1.29 is 4.57 Å². The highest BCUT2D eigenvalue weighted by Crippen LogP contribution is 2.29. The molecule has 0 N–H and O–H groups in total. The Morgan fingerprint density at radius 2 is 1.88 bits per heavy atom. The van der Waals surface area contributed by atoms with Crippen LogP contribution < -0.4 is 4.57 Å². The summed E-state index contributed by atoms with van der Waals surface area (Å²) in [7, 11) is 2.17. The molecule has 2 aromatic rings. The largest absolute Gasteiger partial charge is 0.234 e. The molecule has 1 aromatic carbocycles. The van der Waals surface area contributed by atoms with E-state index in [1.807, 2.05) is 11.3 Å². The SMILES string of the molecule is CCc1cc2c(sc(C)[n+]2C)c(C)c1CC. The number of thiazole rings is 1. The van der Waals surface area contributed by atoms with E-state index in [-0.39, 0.29) is 0 Å².